The van der Waals surface area contributed by atoms with Gasteiger partial charge in [0.2, 0.25) is 5.88 Å². The summed E-state index contributed by atoms with van der Waals surface area (Å²) < 4.78 is 10.8. The van der Waals surface area contributed by atoms with Gasteiger partial charge in [0.15, 0.2) is 0 Å². The molecule has 6 heteroatoms. The number of hydrogen-bond donors (Lipinski definition) is 1. The summed E-state index contributed by atoms with van der Waals surface area (Å²) in [4.78, 5) is 10.7. The van der Waals surface area contributed by atoms with Crippen LogP contribution < -0.4 is 10.1 Å². The Labute approximate surface area is 107 Å². The lowest BCUT2D eigenvalue weighted by Gasteiger charge is -2.30. The highest BCUT2D eigenvalue weighted by Crippen LogP contribution is 2.13. The van der Waals surface area contributed by atoms with E-state index in [0.717, 1.165) is 32.1 Å². The second-order valence-corrected chi connectivity index (χ2v) is 4.48. The van der Waals surface area contributed by atoms with Crippen LogP contribution in [0.4, 0.5) is 5.82 Å². The smallest absolute Gasteiger partial charge is 0.218 e. The van der Waals surface area contributed by atoms with Gasteiger partial charge < -0.3 is 19.7 Å². The maximum Gasteiger partial charge on any atom is 0.218 e. The summed E-state index contributed by atoms with van der Waals surface area (Å²) in [5.74, 6) is 2.04. The minimum absolute atomic E-state index is 0.199. The first-order chi connectivity index (χ1) is 8.67. The fourth-order valence-corrected chi connectivity index (χ4v) is 1.94. The van der Waals surface area contributed by atoms with Crippen molar-refractivity contribution in [1.29, 1.82) is 0 Å². The Hall–Kier alpha value is -1.40. The fraction of sp³-hybridized carbons (Fsp3) is 0.667. The number of anilines is 1. The van der Waals surface area contributed by atoms with Crippen LogP contribution in [0.3, 0.4) is 0 Å². The number of nitrogens with zero attached hydrogens (tertiary/aromatic N) is 3. The van der Waals surface area contributed by atoms with Gasteiger partial charge in [0.05, 0.1) is 19.8 Å². The first-order valence-corrected chi connectivity index (χ1v) is 6.11. The number of aromatic nitrogens is 2. The van der Waals surface area contributed by atoms with Crippen molar-refractivity contribution in [2.45, 2.75) is 13.0 Å². The van der Waals surface area contributed by atoms with Gasteiger partial charge in [-0.3, -0.25) is 0 Å². The lowest BCUT2D eigenvalue weighted by atomic mass is 10.3. The van der Waals surface area contributed by atoms with E-state index in [0.29, 0.717) is 11.7 Å². The van der Waals surface area contributed by atoms with E-state index in [2.05, 4.69) is 27.2 Å². The fourth-order valence-electron chi connectivity index (χ4n) is 1.94. The number of morpholine rings is 1. The van der Waals surface area contributed by atoms with Crippen LogP contribution in [-0.2, 0) is 4.74 Å². The summed E-state index contributed by atoms with van der Waals surface area (Å²) in [6.07, 6.45) is 0.199. The van der Waals surface area contributed by atoms with Gasteiger partial charge in [0.1, 0.15) is 11.6 Å². The number of likely N-dealkylation sites (N-methyl/N-ethyl adjacent to an activating group) is 1. The van der Waals surface area contributed by atoms with Crippen LogP contribution >= 0.6 is 0 Å². The molecule has 1 aliphatic rings. The number of rotatable bonds is 4. The zero-order chi connectivity index (χ0) is 13.0. The monoisotopic (exact) mass is 252 g/mol. The molecule has 0 bridgehead atoms. The highest BCUT2D eigenvalue weighted by molar-refractivity contribution is 5.38. The van der Waals surface area contributed by atoms with Gasteiger partial charge in [-0.2, -0.15) is 4.98 Å². The Balaban J connectivity index is 1.91. The molecule has 1 aliphatic heterocycles. The molecule has 0 saturated carbocycles. The van der Waals surface area contributed by atoms with E-state index in [-0.39, 0.29) is 6.10 Å². The zero-order valence-electron chi connectivity index (χ0n) is 11.1. The molecule has 1 atom stereocenters. The highest BCUT2D eigenvalue weighted by atomic mass is 16.5. The topological polar surface area (TPSA) is 59.5 Å². The molecule has 100 valence electrons. The Morgan fingerprint density at radius 3 is 3.11 bits per heavy atom. The van der Waals surface area contributed by atoms with Crippen LogP contribution in [0, 0.1) is 6.92 Å². The van der Waals surface area contributed by atoms with E-state index in [1.54, 1.807) is 13.2 Å². The van der Waals surface area contributed by atoms with Crippen molar-refractivity contribution >= 4 is 5.82 Å². The molecule has 0 amide bonds. The summed E-state index contributed by atoms with van der Waals surface area (Å²) in [6, 6.07) is 1.79. The lowest BCUT2D eigenvalue weighted by molar-refractivity contribution is -0.0117. The molecule has 1 N–H and O–H groups in total. The molecular formula is C12H20N4O2. The second-order valence-electron chi connectivity index (χ2n) is 4.48. The molecule has 1 fully saturated rings. The number of nitrogens with one attached hydrogen (secondary N) is 1. The second kappa shape index (κ2) is 5.97. The van der Waals surface area contributed by atoms with E-state index >= 15 is 0 Å². The largest absolute Gasteiger partial charge is 0.481 e. The molecule has 18 heavy (non-hydrogen) atoms. The lowest BCUT2D eigenvalue weighted by Crippen LogP contribution is -2.43. The molecule has 0 aromatic carbocycles. The van der Waals surface area contributed by atoms with Crippen molar-refractivity contribution in [3.63, 3.8) is 0 Å². The molecule has 0 spiro atoms. The minimum atomic E-state index is 0.199. The molecule has 1 unspecified atom stereocenters. The van der Waals surface area contributed by atoms with Crippen LogP contribution in [0.5, 0.6) is 5.88 Å². The maximum absolute atomic E-state index is 5.68. The summed E-state index contributed by atoms with van der Waals surface area (Å²) in [5.41, 5.74) is 0. The predicted molar refractivity (Wildman–Crippen MR) is 69.0 cm³/mol. The summed E-state index contributed by atoms with van der Waals surface area (Å²) in [7, 11) is 3.71. The molecule has 0 aliphatic carbocycles. The standard InChI is InChI=1S/C12H20N4O2/c1-9-14-11(6-12(15-9)17-3)13-7-10-8-16(2)4-5-18-10/h6,10H,4-5,7-8H2,1-3H3,(H,13,14,15). The van der Waals surface area contributed by atoms with Gasteiger partial charge >= 0.3 is 0 Å². The number of hydrogen-bond acceptors (Lipinski definition) is 6. The zero-order valence-corrected chi connectivity index (χ0v) is 11.1. The highest BCUT2D eigenvalue weighted by Gasteiger charge is 2.17. The number of aryl methyl sites for hydroxylation is 1. The molecule has 1 aromatic rings. The van der Waals surface area contributed by atoms with Crippen molar-refractivity contribution in [2.75, 3.05) is 45.7 Å². The van der Waals surface area contributed by atoms with E-state index < -0.39 is 0 Å². The molecular weight excluding hydrogens is 232 g/mol. The quantitative estimate of drug-likeness (QED) is 0.844. The molecule has 0 radical (unpaired) electrons. The van der Waals surface area contributed by atoms with E-state index in [4.69, 9.17) is 9.47 Å². The van der Waals surface area contributed by atoms with Crippen LogP contribution in [0.25, 0.3) is 0 Å². The predicted octanol–water partition coefficient (Wildman–Crippen LogP) is 0.536. The molecule has 1 aromatic heterocycles. The van der Waals surface area contributed by atoms with Crippen molar-refractivity contribution in [1.82, 2.24) is 14.9 Å². The van der Waals surface area contributed by atoms with Crippen molar-refractivity contribution in [3.05, 3.63) is 11.9 Å². The molecule has 2 rings (SSSR count). The van der Waals surface area contributed by atoms with Gasteiger partial charge in [-0.15, -0.1) is 0 Å². The Morgan fingerprint density at radius 2 is 2.39 bits per heavy atom. The van der Waals surface area contributed by atoms with E-state index in [1.165, 1.54) is 0 Å². The van der Waals surface area contributed by atoms with Gasteiger partial charge in [-0.25, -0.2) is 4.98 Å². The average Bonchev–Trinajstić information content (AvgIpc) is 2.36. The van der Waals surface area contributed by atoms with Crippen LogP contribution in [0.2, 0.25) is 0 Å². The third kappa shape index (κ3) is 3.54. The number of ether oxygens (including phenoxy) is 2. The summed E-state index contributed by atoms with van der Waals surface area (Å²) >= 11 is 0. The average molecular weight is 252 g/mol. The Bertz CT molecular complexity index is 400. The Morgan fingerprint density at radius 1 is 1.56 bits per heavy atom. The first kappa shape index (κ1) is 13.0. The third-order valence-corrected chi connectivity index (χ3v) is 2.88. The van der Waals surface area contributed by atoms with Crippen LogP contribution in [0.15, 0.2) is 6.07 Å². The van der Waals surface area contributed by atoms with Gasteiger partial charge in [0.25, 0.3) is 0 Å². The maximum atomic E-state index is 5.68. The van der Waals surface area contributed by atoms with Crippen LogP contribution in [0.1, 0.15) is 5.82 Å². The van der Waals surface area contributed by atoms with Crippen molar-refractivity contribution in [3.8, 4) is 5.88 Å². The first-order valence-electron chi connectivity index (χ1n) is 6.11. The van der Waals surface area contributed by atoms with E-state index in [9.17, 15) is 0 Å². The summed E-state index contributed by atoms with van der Waals surface area (Å²) in [5, 5.41) is 3.27. The Kier molecular flexibility index (Phi) is 4.33. The van der Waals surface area contributed by atoms with Crippen LogP contribution in [-0.4, -0.2) is 61.4 Å². The summed E-state index contributed by atoms with van der Waals surface area (Å²) in [6.45, 7) is 5.31. The van der Waals surface area contributed by atoms with Gasteiger partial charge in [0, 0.05) is 25.7 Å². The van der Waals surface area contributed by atoms with E-state index in [1.807, 2.05) is 6.92 Å². The van der Waals surface area contributed by atoms with Crippen molar-refractivity contribution < 1.29 is 9.47 Å². The normalized spacial score (nSPS) is 20.7. The molecule has 2 heterocycles. The van der Waals surface area contributed by atoms with Gasteiger partial charge in [-0.1, -0.05) is 0 Å². The van der Waals surface area contributed by atoms with Crippen molar-refractivity contribution in [2.24, 2.45) is 0 Å². The third-order valence-electron chi connectivity index (χ3n) is 2.88. The minimum Gasteiger partial charge on any atom is -0.481 e. The SMILES string of the molecule is COc1cc(NCC2CN(C)CCO2)nc(C)n1. The number of methoxy groups -OCH3 is 1. The molecule has 6 nitrogen and oxygen atoms in total. The van der Waals surface area contributed by atoms with Gasteiger partial charge in [-0.05, 0) is 14.0 Å². The molecule has 1 saturated heterocycles.